The number of rotatable bonds is 5. The fraction of sp³-hybridized carbons (Fsp3) is 0.300. The number of aryl methyl sites for hydroxylation is 4. The molecule has 3 rings (SSSR count). The zero-order valence-electron chi connectivity index (χ0n) is 14.8. The summed E-state index contributed by atoms with van der Waals surface area (Å²) in [7, 11) is 0. The first-order valence-electron chi connectivity index (χ1n) is 8.44. The number of hydrogen-bond acceptors (Lipinski definition) is 2. The van der Waals surface area contributed by atoms with Gasteiger partial charge in [0.15, 0.2) is 0 Å². The van der Waals surface area contributed by atoms with E-state index in [2.05, 4.69) is 35.8 Å². The van der Waals surface area contributed by atoms with Crippen LogP contribution in [0.3, 0.4) is 0 Å². The summed E-state index contributed by atoms with van der Waals surface area (Å²) in [6.07, 6.45) is 1.65. The summed E-state index contributed by atoms with van der Waals surface area (Å²) in [5, 5.41) is 0. The third-order valence-corrected chi connectivity index (χ3v) is 4.79. The molecule has 0 fully saturated rings. The van der Waals surface area contributed by atoms with Crippen molar-refractivity contribution in [2.75, 3.05) is 5.88 Å². The maximum Gasteiger partial charge on any atom is 0.249 e. The molecular weight excluding hydrogens is 334 g/mol. The molecule has 1 heterocycles. The first kappa shape index (κ1) is 17.5. The van der Waals surface area contributed by atoms with E-state index >= 15 is 0 Å². The smallest absolute Gasteiger partial charge is 0.249 e. The van der Waals surface area contributed by atoms with Crippen LogP contribution in [-0.4, -0.2) is 21.3 Å². The third-order valence-electron chi connectivity index (χ3n) is 4.60. The highest BCUT2D eigenvalue weighted by Crippen LogP contribution is 2.29. The van der Waals surface area contributed by atoms with Gasteiger partial charge in [-0.2, -0.15) is 0 Å². The molecule has 5 heteroatoms. The van der Waals surface area contributed by atoms with Gasteiger partial charge in [0, 0.05) is 23.6 Å². The first-order valence-corrected chi connectivity index (χ1v) is 8.98. The quantitative estimate of drug-likeness (QED) is 0.701. The molecule has 0 unspecified atom stereocenters. The number of nitrogens with zero attached hydrogens (tertiary/aromatic N) is 2. The van der Waals surface area contributed by atoms with Crippen LogP contribution in [0, 0.1) is 13.8 Å². The van der Waals surface area contributed by atoms with E-state index in [0.29, 0.717) is 11.4 Å². The maximum absolute atomic E-state index is 11.8. The van der Waals surface area contributed by atoms with Crippen LogP contribution in [0.5, 0.6) is 0 Å². The number of nitrogens with two attached hydrogens (primary N) is 1. The Kier molecular flexibility index (Phi) is 4.82. The van der Waals surface area contributed by atoms with Gasteiger partial charge >= 0.3 is 0 Å². The van der Waals surface area contributed by atoms with E-state index < -0.39 is 5.91 Å². The van der Waals surface area contributed by atoms with Crippen LogP contribution in [0.2, 0.25) is 0 Å². The molecule has 0 spiro atoms. The summed E-state index contributed by atoms with van der Waals surface area (Å²) in [5.41, 5.74) is 11.9. The van der Waals surface area contributed by atoms with Crippen molar-refractivity contribution < 1.29 is 4.79 Å². The van der Waals surface area contributed by atoms with Gasteiger partial charge < -0.3 is 5.73 Å². The molecule has 4 nitrogen and oxygen atoms in total. The van der Waals surface area contributed by atoms with Crippen LogP contribution in [-0.2, 0) is 12.8 Å². The van der Waals surface area contributed by atoms with Crippen molar-refractivity contribution in [1.82, 2.24) is 9.55 Å². The average molecular weight is 356 g/mol. The van der Waals surface area contributed by atoms with Crippen molar-refractivity contribution in [1.29, 1.82) is 0 Å². The number of alkyl halides is 1. The van der Waals surface area contributed by atoms with Gasteiger partial charge in [-0.25, -0.2) is 4.98 Å². The fourth-order valence-electron chi connectivity index (χ4n) is 3.41. The van der Waals surface area contributed by atoms with Crippen LogP contribution in [0.1, 0.15) is 39.8 Å². The second-order valence-electron chi connectivity index (χ2n) is 6.25. The second kappa shape index (κ2) is 6.89. The highest BCUT2D eigenvalue weighted by atomic mass is 35.5. The summed E-state index contributed by atoms with van der Waals surface area (Å²) in [4.78, 5) is 16.6. The number of hydrogen-bond donors (Lipinski definition) is 1. The standard InChI is InChI=1S/C20H22ClN3O/c1-4-17-23-19-13(3)18(20(22)25)12(2)11-16(19)24(17)15-7-5-14(6-8-15)9-10-21/h5-8,11H,4,9-10H2,1-3H3,(H2,22,25). The predicted octanol–water partition coefficient (Wildman–Crippen LogP) is 4.08. The van der Waals surface area contributed by atoms with E-state index in [-0.39, 0.29) is 0 Å². The van der Waals surface area contributed by atoms with E-state index in [1.165, 1.54) is 5.56 Å². The predicted molar refractivity (Wildman–Crippen MR) is 103 cm³/mol. The largest absolute Gasteiger partial charge is 0.366 e. The lowest BCUT2D eigenvalue weighted by atomic mass is 10.0. The van der Waals surface area contributed by atoms with Crippen molar-refractivity contribution in [2.24, 2.45) is 5.73 Å². The zero-order chi connectivity index (χ0) is 18.1. The normalized spacial score (nSPS) is 11.2. The van der Waals surface area contributed by atoms with Crippen molar-refractivity contribution >= 4 is 28.5 Å². The van der Waals surface area contributed by atoms with E-state index in [4.69, 9.17) is 22.3 Å². The number of amides is 1. The molecule has 1 amide bonds. The lowest BCUT2D eigenvalue weighted by Crippen LogP contribution is -2.14. The molecule has 0 saturated carbocycles. The van der Waals surface area contributed by atoms with E-state index in [0.717, 1.165) is 46.5 Å². The zero-order valence-corrected chi connectivity index (χ0v) is 15.5. The molecule has 2 aromatic carbocycles. The fourth-order valence-corrected chi connectivity index (χ4v) is 3.62. The summed E-state index contributed by atoms with van der Waals surface area (Å²) in [6, 6.07) is 10.4. The molecular formula is C20H22ClN3O. The molecule has 0 aliphatic rings. The Balaban J connectivity index is 2.25. The number of imidazole rings is 1. The SMILES string of the molecule is CCc1nc2c(C)c(C(N)=O)c(C)cc2n1-c1ccc(CCCl)cc1. The molecule has 0 aliphatic heterocycles. The summed E-state index contributed by atoms with van der Waals surface area (Å²) >= 11 is 5.82. The Bertz CT molecular complexity index is 942. The number of carbonyl (C=O) groups excluding carboxylic acids is 1. The average Bonchev–Trinajstić information content (AvgIpc) is 2.94. The van der Waals surface area contributed by atoms with Gasteiger partial charge in [0.1, 0.15) is 5.82 Å². The van der Waals surface area contributed by atoms with Crippen LogP contribution < -0.4 is 5.73 Å². The molecule has 2 N–H and O–H groups in total. The van der Waals surface area contributed by atoms with Crippen LogP contribution in [0.4, 0.5) is 0 Å². The van der Waals surface area contributed by atoms with Crippen molar-refractivity contribution in [3.05, 3.63) is 58.4 Å². The highest BCUT2D eigenvalue weighted by molar-refractivity contribution is 6.18. The van der Waals surface area contributed by atoms with Crippen molar-refractivity contribution in [3.8, 4) is 5.69 Å². The number of fused-ring (bicyclic) bond motifs is 1. The molecule has 0 radical (unpaired) electrons. The Morgan fingerprint density at radius 3 is 2.48 bits per heavy atom. The van der Waals surface area contributed by atoms with Crippen LogP contribution in [0.15, 0.2) is 30.3 Å². The first-order chi connectivity index (χ1) is 12.0. The van der Waals surface area contributed by atoms with Crippen LogP contribution in [0.25, 0.3) is 16.7 Å². The summed E-state index contributed by atoms with van der Waals surface area (Å²) in [5.74, 6) is 1.17. The summed E-state index contributed by atoms with van der Waals surface area (Å²) < 4.78 is 2.16. The van der Waals surface area contributed by atoms with Gasteiger partial charge in [-0.3, -0.25) is 9.36 Å². The van der Waals surface area contributed by atoms with Crippen molar-refractivity contribution in [2.45, 2.75) is 33.6 Å². The monoisotopic (exact) mass is 355 g/mol. The second-order valence-corrected chi connectivity index (χ2v) is 6.63. The maximum atomic E-state index is 11.8. The van der Waals surface area contributed by atoms with Gasteiger partial charge in [0.05, 0.1) is 11.0 Å². The van der Waals surface area contributed by atoms with Gasteiger partial charge in [0.25, 0.3) is 0 Å². The number of aromatic nitrogens is 2. The van der Waals surface area contributed by atoms with Gasteiger partial charge in [-0.05, 0) is 55.2 Å². The molecule has 0 aliphatic carbocycles. The van der Waals surface area contributed by atoms with Gasteiger partial charge in [-0.1, -0.05) is 19.1 Å². The van der Waals surface area contributed by atoms with E-state index in [1.807, 2.05) is 19.9 Å². The van der Waals surface area contributed by atoms with E-state index in [1.54, 1.807) is 0 Å². The topological polar surface area (TPSA) is 60.9 Å². The summed E-state index contributed by atoms with van der Waals surface area (Å²) in [6.45, 7) is 5.91. The lowest BCUT2D eigenvalue weighted by molar-refractivity contribution is 0.0999. The molecule has 1 aromatic heterocycles. The number of carbonyl (C=O) groups is 1. The molecule has 0 saturated heterocycles. The Labute approximate surface area is 152 Å². The minimum Gasteiger partial charge on any atom is -0.366 e. The minimum absolute atomic E-state index is 0.407. The molecule has 25 heavy (non-hydrogen) atoms. The third kappa shape index (κ3) is 3.02. The number of primary amides is 1. The van der Waals surface area contributed by atoms with Gasteiger partial charge in [-0.15, -0.1) is 11.6 Å². The minimum atomic E-state index is -0.407. The Hall–Kier alpha value is -2.33. The molecule has 130 valence electrons. The molecule has 0 bridgehead atoms. The Morgan fingerprint density at radius 2 is 1.92 bits per heavy atom. The lowest BCUT2D eigenvalue weighted by Gasteiger charge is -2.11. The van der Waals surface area contributed by atoms with Crippen molar-refractivity contribution in [3.63, 3.8) is 0 Å². The van der Waals surface area contributed by atoms with E-state index in [9.17, 15) is 4.79 Å². The van der Waals surface area contributed by atoms with Crippen LogP contribution >= 0.6 is 11.6 Å². The van der Waals surface area contributed by atoms with Gasteiger partial charge in [0.2, 0.25) is 5.91 Å². The Morgan fingerprint density at radius 1 is 1.24 bits per heavy atom. The molecule has 0 atom stereocenters. The number of benzene rings is 2. The number of halogens is 1. The molecule has 3 aromatic rings. The highest BCUT2D eigenvalue weighted by Gasteiger charge is 2.19.